The highest BCUT2D eigenvalue weighted by Crippen LogP contribution is 2.38. The summed E-state index contributed by atoms with van der Waals surface area (Å²) in [7, 11) is 1.47. The summed E-state index contributed by atoms with van der Waals surface area (Å²) in [5.41, 5.74) is -3.33. The Morgan fingerprint density at radius 2 is 1.95 bits per heavy atom. The van der Waals surface area contributed by atoms with Gasteiger partial charge in [-0.15, -0.1) is 0 Å². The van der Waals surface area contributed by atoms with Crippen molar-refractivity contribution >= 4 is 12.1 Å². The molecule has 1 atom stereocenters. The predicted molar refractivity (Wildman–Crippen MR) is 69.4 cm³/mol. The fourth-order valence-electron chi connectivity index (χ4n) is 1.82. The van der Waals surface area contributed by atoms with Crippen LogP contribution >= 0.6 is 0 Å². The van der Waals surface area contributed by atoms with Crippen LogP contribution in [0.4, 0.5) is 13.2 Å². The van der Waals surface area contributed by atoms with Gasteiger partial charge in [-0.05, 0) is 24.3 Å². The number of alkyl halides is 3. The van der Waals surface area contributed by atoms with Crippen LogP contribution in [0.1, 0.15) is 6.42 Å². The van der Waals surface area contributed by atoms with E-state index in [0.29, 0.717) is 5.75 Å². The zero-order valence-corrected chi connectivity index (χ0v) is 11.5. The molecule has 0 radical (unpaired) electrons. The Labute approximate surface area is 123 Å². The Hall–Kier alpha value is -2.29. The van der Waals surface area contributed by atoms with Crippen molar-refractivity contribution in [3.8, 4) is 11.5 Å². The number of halogens is 3. The number of aliphatic hydroxyl groups is 1. The monoisotopic (exact) mass is 318 g/mol. The van der Waals surface area contributed by atoms with Crippen LogP contribution in [0, 0.1) is 0 Å². The zero-order chi connectivity index (χ0) is 16.4. The summed E-state index contributed by atoms with van der Waals surface area (Å²) in [5.74, 6) is -0.272. The Bertz CT molecular complexity index is 574. The number of rotatable bonds is 4. The molecule has 0 aliphatic carbocycles. The molecule has 1 aromatic rings. The fraction of sp³-hybridized carbons (Fsp3) is 0.385. The average Bonchev–Trinajstić information content (AvgIpc) is 2.88. The van der Waals surface area contributed by atoms with Gasteiger partial charge >= 0.3 is 6.18 Å². The highest BCUT2D eigenvalue weighted by Gasteiger charge is 2.61. The number of carbonyl (C=O) groups is 1. The van der Waals surface area contributed by atoms with Crippen LogP contribution in [0.5, 0.6) is 11.5 Å². The minimum absolute atomic E-state index is 0.00345. The van der Waals surface area contributed by atoms with Gasteiger partial charge in [0.2, 0.25) is 0 Å². The lowest BCUT2D eigenvalue weighted by Crippen LogP contribution is -2.57. The minimum Gasteiger partial charge on any atom is -0.497 e. The number of ether oxygens (including phenoxy) is 2. The van der Waals surface area contributed by atoms with E-state index in [-0.39, 0.29) is 10.8 Å². The molecule has 1 amide bonds. The molecule has 0 spiro atoms. The lowest BCUT2D eigenvalue weighted by atomic mass is 10.1. The van der Waals surface area contributed by atoms with E-state index in [9.17, 15) is 23.1 Å². The van der Waals surface area contributed by atoms with E-state index in [0.717, 1.165) is 6.21 Å². The fourth-order valence-corrected chi connectivity index (χ4v) is 1.82. The van der Waals surface area contributed by atoms with Gasteiger partial charge in [0, 0.05) is 12.6 Å². The summed E-state index contributed by atoms with van der Waals surface area (Å²) in [4.78, 5) is 11.8. The molecular formula is C13H13F3N2O4. The maximum Gasteiger partial charge on any atom is 0.438 e. The number of benzene rings is 1. The maximum atomic E-state index is 12.8. The summed E-state index contributed by atoms with van der Waals surface area (Å²) in [6, 6.07) is 6.13. The molecule has 1 unspecified atom stereocenters. The molecule has 1 aromatic carbocycles. The van der Waals surface area contributed by atoms with Crippen LogP contribution in [0.25, 0.3) is 0 Å². The molecule has 22 heavy (non-hydrogen) atoms. The van der Waals surface area contributed by atoms with Gasteiger partial charge in [0.15, 0.2) is 6.61 Å². The van der Waals surface area contributed by atoms with Gasteiger partial charge in [-0.25, -0.2) is 0 Å². The molecule has 0 saturated heterocycles. The third-order valence-electron chi connectivity index (χ3n) is 3.04. The van der Waals surface area contributed by atoms with Crippen molar-refractivity contribution in [3.05, 3.63) is 24.3 Å². The van der Waals surface area contributed by atoms with E-state index in [4.69, 9.17) is 9.47 Å². The van der Waals surface area contributed by atoms with Crippen molar-refractivity contribution < 1.29 is 32.5 Å². The number of amides is 1. The summed E-state index contributed by atoms with van der Waals surface area (Å²) < 4.78 is 48.5. The van der Waals surface area contributed by atoms with E-state index in [1.165, 1.54) is 19.2 Å². The van der Waals surface area contributed by atoms with Crippen LogP contribution in [-0.2, 0) is 4.79 Å². The molecule has 1 heterocycles. The topological polar surface area (TPSA) is 71.4 Å². The molecule has 6 nitrogen and oxygen atoms in total. The van der Waals surface area contributed by atoms with Crippen LogP contribution in [-0.4, -0.2) is 47.9 Å². The summed E-state index contributed by atoms with van der Waals surface area (Å²) in [5, 5.41) is 12.9. The first-order valence-electron chi connectivity index (χ1n) is 6.19. The maximum absolute atomic E-state index is 12.8. The molecule has 1 aliphatic heterocycles. The number of hydrazone groups is 1. The first-order chi connectivity index (χ1) is 10.3. The Morgan fingerprint density at radius 1 is 1.36 bits per heavy atom. The first kappa shape index (κ1) is 16.1. The second-order valence-corrected chi connectivity index (χ2v) is 4.49. The molecule has 1 N–H and O–H groups in total. The van der Waals surface area contributed by atoms with Crippen molar-refractivity contribution in [3.63, 3.8) is 0 Å². The van der Waals surface area contributed by atoms with Crippen LogP contribution in [0.15, 0.2) is 29.4 Å². The van der Waals surface area contributed by atoms with Gasteiger partial charge in [0.05, 0.1) is 7.11 Å². The molecule has 0 saturated carbocycles. The minimum atomic E-state index is -5.01. The van der Waals surface area contributed by atoms with Gasteiger partial charge in [0.1, 0.15) is 11.5 Å². The zero-order valence-electron chi connectivity index (χ0n) is 11.5. The van der Waals surface area contributed by atoms with Gasteiger partial charge in [-0.3, -0.25) is 4.79 Å². The number of hydrogen-bond donors (Lipinski definition) is 1. The van der Waals surface area contributed by atoms with Crippen molar-refractivity contribution in [2.75, 3.05) is 13.7 Å². The molecular weight excluding hydrogens is 305 g/mol. The number of hydrogen-bond acceptors (Lipinski definition) is 5. The SMILES string of the molecule is COc1ccc(OCC(=O)N2N=CCC2(O)C(F)(F)F)cc1. The van der Waals surface area contributed by atoms with Crippen LogP contribution in [0.3, 0.4) is 0 Å². The highest BCUT2D eigenvalue weighted by atomic mass is 19.4. The molecule has 0 fully saturated rings. The van der Waals surface area contributed by atoms with Crippen molar-refractivity contribution in [2.45, 2.75) is 18.3 Å². The quantitative estimate of drug-likeness (QED) is 0.914. The van der Waals surface area contributed by atoms with E-state index < -0.39 is 30.8 Å². The van der Waals surface area contributed by atoms with Crippen LogP contribution < -0.4 is 9.47 Å². The van der Waals surface area contributed by atoms with E-state index in [2.05, 4.69) is 5.10 Å². The molecule has 120 valence electrons. The van der Waals surface area contributed by atoms with Gasteiger partial charge < -0.3 is 14.6 Å². The Kier molecular flexibility index (Phi) is 4.27. The molecule has 2 rings (SSSR count). The molecule has 0 bridgehead atoms. The second kappa shape index (κ2) is 5.84. The normalized spacial score (nSPS) is 21.0. The summed E-state index contributed by atoms with van der Waals surface area (Å²) >= 11 is 0. The van der Waals surface area contributed by atoms with Gasteiger partial charge in [0.25, 0.3) is 11.6 Å². The molecule has 1 aliphatic rings. The van der Waals surface area contributed by atoms with Crippen molar-refractivity contribution in [1.82, 2.24) is 5.01 Å². The van der Waals surface area contributed by atoms with E-state index in [1.807, 2.05) is 0 Å². The second-order valence-electron chi connectivity index (χ2n) is 4.49. The van der Waals surface area contributed by atoms with Crippen molar-refractivity contribution in [1.29, 1.82) is 0 Å². The lowest BCUT2D eigenvalue weighted by molar-refractivity contribution is -0.302. The van der Waals surface area contributed by atoms with Crippen LogP contribution in [0.2, 0.25) is 0 Å². The average molecular weight is 318 g/mol. The lowest BCUT2D eigenvalue weighted by Gasteiger charge is -2.32. The largest absolute Gasteiger partial charge is 0.497 e. The third kappa shape index (κ3) is 2.98. The first-order valence-corrected chi connectivity index (χ1v) is 6.19. The van der Waals surface area contributed by atoms with Crippen molar-refractivity contribution in [2.24, 2.45) is 5.10 Å². The number of methoxy groups -OCH3 is 1. The van der Waals surface area contributed by atoms with Gasteiger partial charge in [-0.1, -0.05) is 0 Å². The third-order valence-corrected chi connectivity index (χ3v) is 3.04. The smallest absolute Gasteiger partial charge is 0.438 e. The Morgan fingerprint density at radius 3 is 2.50 bits per heavy atom. The number of carbonyl (C=O) groups excluding carboxylic acids is 1. The van der Waals surface area contributed by atoms with E-state index >= 15 is 0 Å². The highest BCUT2D eigenvalue weighted by molar-refractivity contribution is 5.81. The summed E-state index contributed by atoms with van der Waals surface area (Å²) in [6.45, 7) is -0.692. The molecule has 0 aromatic heterocycles. The standard InChI is InChI=1S/C13H13F3N2O4/c1-21-9-2-4-10(5-3-9)22-8-11(19)18-12(20,6-7-17-18)13(14,15)16/h2-5,7,20H,6,8H2,1H3. The number of nitrogens with zero attached hydrogens (tertiary/aromatic N) is 2. The van der Waals surface area contributed by atoms with E-state index in [1.54, 1.807) is 12.1 Å². The summed E-state index contributed by atoms with van der Waals surface area (Å²) in [6.07, 6.45) is -5.00. The van der Waals surface area contributed by atoms with Gasteiger partial charge in [-0.2, -0.15) is 23.3 Å². The predicted octanol–water partition coefficient (Wildman–Crippen LogP) is 1.54. The molecule has 9 heteroatoms. The Balaban J connectivity index is 2.01.